The minimum Gasteiger partial charge on any atom is -0.496 e. The number of rotatable bonds is 6. The van der Waals surface area contributed by atoms with Crippen molar-refractivity contribution in [3.63, 3.8) is 0 Å². The Kier molecular flexibility index (Phi) is 6.84. The van der Waals surface area contributed by atoms with Gasteiger partial charge in [-0.25, -0.2) is 0 Å². The molecule has 0 fully saturated rings. The number of hydrogen-bond donors (Lipinski definition) is 2. The fraction of sp³-hybridized carbons (Fsp3) is 0.381. The first-order valence-electron chi connectivity index (χ1n) is 8.71. The molecule has 0 radical (unpaired) electrons. The van der Waals surface area contributed by atoms with Crippen molar-refractivity contribution < 1.29 is 9.53 Å². The summed E-state index contributed by atoms with van der Waals surface area (Å²) in [6, 6.07) is 9.79. The summed E-state index contributed by atoms with van der Waals surface area (Å²) in [7, 11) is 1.64. The van der Waals surface area contributed by atoms with Crippen molar-refractivity contribution in [1.82, 2.24) is 5.32 Å². The van der Waals surface area contributed by atoms with E-state index >= 15 is 0 Å². The highest BCUT2D eigenvalue weighted by molar-refractivity contribution is 9.10. The smallest absolute Gasteiger partial charge is 0.241 e. The van der Waals surface area contributed by atoms with E-state index in [-0.39, 0.29) is 18.0 Å². The number of carbonyl (C=O) groups is 1. The largest absolute Gasteiger partial charge is 0.496 e. The summed E-state index contributed by atoms with van der Waals surface area (Å²) in [5, 5.41) is 6.42. The average Bonchev–Trinajstić information content (AvgIpc) is 2.57. The third kappa shape index (κ3) is 4.86. The van der Waals surface area contributed by atoms with Crippen molar-refractivity contribution >= 4 is 27.5 Å². The van der Waals surface area contributed by atoms with Crippen molar-refractivity contribution in [1.29, 1.82) is 0 Å². The first kappa shape index (κ1) is 20.5. The lowest BCUT2D eigenvalue weighted by atomic mass is 10.0. The molecule has 0 aliphatic heterocycles. The van der Waals surface area contributed by atoms with E-state index in [2.05, 4.69) is 45.6 Å². The molecule has 1 amide bonds. The Hall–Kier alpha value is -1.85. The molecule has 140 valence electrons. The summed E-state index contributed by atoms with van der Waals surface area (Å²) in [6.07, 6.45) is 0. The Morgan fingerprint density at radius 1 is 1.08 bits per heavy atom. The second-order valence-corrected chi connectivity index (χ2v) is 7.62. The van der Waals surface area contributed by atoms with Gasteiger partial charge in [-0.1, -0.05) is 23.8 Å². The van der Waals surface area contributed by atoms with E-state index in [9.17, 15) is 4.79 Å². The molecule has 0 heterocycles. The maximum absolute atomic E-state index is 12.6. The number of ether oxygens (including phenoxy) is 1. The molecule has 0 aromatic heterocycles. The van der Waals surface area contributed by atoms with Gasteiger partial charge in [0.15, 0.2) is 0 Å². The van der Waals surface area contributed by atoms with Crippen LogP contribution in [0.15, 0.2) is 34.8 Å². The quantitative estimate of drug-likeness (QED) is 0.688. The molecule has 2 N–H and O–H groups in total. The normalized spacial score (nSPS) is 13.2. The van der Waals surface area contributed by atoms with Gasteiger partial charge in [0.25, 0.3) is 0 Å². The van der Waals surface area contributed by atoms with Gasteiger partial charge in [0, 0.05) is 11.7 Å². The highest BCUT2D eigenvalue weighted by Crippen LogP contribution is 2.28. The molecule has 0 saturated heterocycles. The van der Waals surface area contributed by atoms with Gasteiger partial charge < -0.3 is 10.1 Å². The van der Waals surface area contributed by atoms with Crippen molar-refractivity contribution in [2.45, 2.75) is 46.7 Å². The average molecular weight is 419 g/mol. The Balaban J connectivity index is 2.06. The van der Waals surface area contributed by atoms with Crippen molar-refractivity contribution in [2.24, 2.45) is 0 Å². The Morgan fingerprint density at radius 3 is 2.23 bits per heavy atom. The van der Waals surface area contributed by atoms with Gasteiger partial charge in [-0.15, -0.1) is 0 Å². The standard InChI is InChI=1S/C21H27BrN2O2/c1-12-9-13(2)20(14(3)10-12)24-21(25)16(5)23-15(4)17-7-8-19(26-6)18(22)11-17/h7-11,15-16,23H,1-6H3,(H,24,25)/t15-,16-/m0/s1. The van der Waals surface area contributed by atoms with Crippen LogP contribution in [0.3, 0.4) is 0 Å². The lowest BCUT2D eigenvalue weighted by molar-refractivity contribution is -0.117. The first-order valence-corrected chi connectivity index (χ1v) is 9.50. The molecule has 2 rings (SSSR count). The number of nitrogens with one attached hydrogen (secondary N) is 2. The van der Waals surface area contributed by atoms with E-state index in [1.54, 1.807) is 7.11 Å². The van der Waals surface area contributed by atoms with Gasteiger partial charge in [-0.05, 0) is 79.4 Å². The molecule has 2 aromatic carbocycles. The fourth-order valence-corrected chi connectivity index (χ4v) is 3.67. The van der Waals surface area contributed by atoms with Crippen molar-refractivity contribution in [3.8, 4) is 5.75 Å². The summed E-state index contributed by atoms with van der Waals surface area (Å²) in [6.45, 7) is 10.0. The zero-order chi connectivity index (χ0) is 19.4. The lowest BCUT2D eigenvalue weighted by Crippen LogP contribution is -2.39. The zero-order valence-corrected chi connectivity index (χ0v) is 17.8. The minimum atomic E-state index is -0.328. The molecular weight excluding hydrogens is 392 g/mol. The SMILES string of the molecule is COc1ccc([C@H](C)N[C@@H](C)C(=O)Nc2c(C)cc(C)cc2C)cc1Br. The predicted octanol–water partition coefficient (Wildman–Crippen LogP) is 5.06. The second kappa shape index (κ2) is 8.69. The number of carbonyl (C=O) groups excluding carboxylic acids is 1. The van der Waals surface area contributed by atoms with Crippen molar-refractivity contribution in [3.05, 3.63) is 57.1 Å². The van der Waals surface area contributed by atoms with Crippen LogP contribution < -0.4 is 15.4 Å². The van der Waals surface area contributed by atoms with Crippen molar-refractivity contribution in [2.75, 3.05) is 12.4 Å². The zero-order valence-electron chi connectivity index (χ0n) is 16.2. The molecule has 0 spiro atoms. The van der Waals surface area contributed by atoms with Crippen LogP contribution in [0.5, 0.6) is 5.75 Å². The minimum absolute atomic E-state index is 0.0261. The maximum Gasteiger partial charge on any atom is 0.241 e. The van der Waals surface area contributed by atoms with Crippen LogP contribution in [0.25, 0.3) is 0 Å². The predicted molar refractivity (Wildman–Crippen MR) is 111 cm³/mol. The van der Waals surface area contributed by atoms with Gasteiger partial charge in [0.1, 0.15) is 5.75 Å². The molecule has 2 atom stereocenters. The van der Waals surface area contributed by atoms with Crippen LogP contribution in [-0.4, -0.2) is 19.1 Å². The summed E-state index contributed by atoms with van der Waals surface area (Å²) >= 11 is 3.50. The van der Waals surface area contributed by atoms with Crippen LogP contribution in [0.1, 0.15) is 42.1 Å². The van der Waals surface area contributed by atoms with E-state index in [1.807, 2.05) is 45.9 Å². The molecule has 26 heavy (non-hydrogen) atoms. The topological polar surface area (TPSA) is 50.4 Å². The molecule has 2 aromatic rings. The third-order valence-corrected chi connectivity index (χ3v) is 5.11. The highest BCUT2D eigenvalue weighted by atomic mass is 79.9. The van der Waals surface area contributed by atoms with Crippen LogP contribution in [-0.2, 0) is 4.79 Å². The molecule has 4 nitrogen and oxygen atoms in total. The number of anilines is 1. The van der Waals surface area contributed by atoms with Gasteiger partial charge in [0.05, 0.1) is 17.6 Å². The molecule has 0 aliphatic rings. The van der Waals surface area contributed by atoms with Crippen LogP contribution >= 0.6 is 15.9 Å². The summed E-state index contributed by atoms with van der Waals surface area (Å²) in [4.78, 5) is 12.6. The van der Waals surface area contributed by atoms with E-state index in [1.165, 1.54) is 5.56 Å². The van der Waals surface area contributed by atoms with Gasteiger partial charge in [-0.2, -0.15) is 0 Å². The summed E-state index contributed by atoms with van der Waals surface area (Å²) < 4.78 is 6.16. The second-order valence-electron chi connectivity index (χ2n) is 6.77. The number of hydrogen-bond acceptors (Lipinski definition) is 3. The highest BCUT2D eigenvalue weighted by Gasteiger charge is 2.18. The molecule has 0 bridgehead atoms. The lowest BCUT2D eigenvalue weighted by Gasteiger charge is -2.22. The summed E-state index contributed by atoms with van der Waals surface area (Å²) in [5.74, 6) is 0.747. The monoisotopic (exact) mass is 418 g/mol. The maximum atomic E-state index is 12.6. The number of halogens is 1. The van der Waals surface area contributed by atoms with Crippen LogP contribution in [0, 0.1) is 20.8 Å². The third-order valence-electron chi connectivity index (χ3n) is 4.49. The van der Waals surface area contributed by atoms with Gasteiger partial charge >= 0.3 is 0 Å². The number of benzene rings is 2. The number of methoxy groups -OCH3 is 1. The number of aryl methyl sites for hydroxylation is 3. The van der Waals surface area contributed by atoms with E-state index in [0.29, 0.717) is 0 Å². The van der Waals surface area contributed by atoms with Crippen LogP contribution in [0.4, 0.5) is 5.69 Å². The van der Waals surface area contributed by atoms with Gasteiger partial charge in [-0.3, -0.25) is 10.1 Å². The number of amides is 1. The van der Waals surface area contributed by atoms with E-state index in [0.717, 1.165) is 32.6 Å². The molecule has 0 aliphatic carbocycles. The Labute approximate surface area is 164 Å². The van der Waals surface area contributed by atoms with Crippen LogP contribution in [0.2, 0.25) is 0 Å². The molecule has 0 saturated carbocycles. The van der Waals surface area contributed by atoms with E-state index in [4.69, 9.17) is 4.74 Å². The van der Waals surface area contributed by atoms with Gasteiger partial charge in [0.2, 0.25) is 5.91 Å². The summed E-state index contributed by atoms with van der Waals surface area (Å²) in [5.41, 5.74) is 5.34. The van der Waals surface area contributed by atoms with E-state index < -0.39 is 0 Å². The fourth-order valence-electron chi connectivity index (χ4n) is 3.11. The Bertz CT molecular complexity index is 782. The molecule has 5 heteroatoms. The molecular formula is C21H27BrN2O2. The Morgan fingerprint density at radius 2 is 1.69 bits per heavy atom. The molecule has 0 unspecified atom stereocenters. The first-order chi connectivity index (χ1) is 12.2.